The summed E-state index contributed by atoms with van der Waals surface area (Å²) in [7, 11) is 0. The number of halogens is 4. The number of rotatable bonds is 3. The van der Waals surface area contributed by atoms with E-state index in [1.165, 1.54) is 12.1 Å². The van der Waals surface area contributed by atoms with Crippen LogP contribution in [0.5, 0.6) is 0 Å². The van der Waals surface area contributed by atoms with E-state index >= 15 is 0 Å². The Morgan fingerprint density at radius 2 is 2.00 bits per heavy atom. The lowest BCUT2D eigenvalue weighted by molar-refractivity contribution is 0.621. The molecule has 0 radical (unpaired) electrons. The van der Waals surface area contributed by atoms with Gasteiger partial charge in [-0.05, 0) is 76.5 Å². The van der Waals surface area contributed by atoms with Crippen molar-refractivity contribution in [2.75, 3.05) is 0 Å². The highest BCUT2D eigenvalue weighted by Gasteiger charge is 2.13. The lowest BCUT2D eigenvalue weighted by Gasteiger charge is -2.15. The molecular formula is C14H11BrClFIN. The van der Waals surface area contributed by atoms with Crippen LogP contribution in [0.25, 0.3) is 0 Å². The molecule has 0 aliphatic rings. The van der Waals surface area contributed by atoms with Crippen molar-refractivity contribution in [3.05, 3.63) is 66.4 Å². The molecule has 0 saturated heterocycles. The highest BCUT2D eigenvalue weighted by molar-refractivity contribution is 14.1. The predicted octanol–water partition coefficient (Wildman–Crippen LogP) is 5.09. The molecule has 2 aromatic rings. The average Bonchev–Trinajstić information content (AvgIpc) is 2.36. The summed E-state index contributed by atoms with van der Waals surface area (Å²) in [4.78, 5) is 0. The minimum atomic E-state index is -0.258. The molecule has 5 heteroatoms. The van der Waals surface area contributed by atoms with Crippen LogP contribution >= 0.6 is 50.1 Å². The Balaban J connectivity index is 2.27. The summed E-state index contributed by atoms with van der Waals surface area (Å²) in [6.07, 6.45) is 0.550. The average molecular weight is 455 g/mol. The second-order valence-electron chi connectivity index (χ2n) is 4.21. The van der Waals surface area contributed by atoms with Crippen molar-refractivity contribution >= 4 is 50.1 Å². The van der Waals surface area contributed by atoms with E-state index in [1.807, 2.05) is 18.2 Å². The van der Waals surface area contributed by atoms with E-state index in [2.05, 4.69) is 38.5 Å². The van der Waals surface area contributed by atoms with E-state index in [0.29, 0.717) is 11.4 Å². The molecule has 2 aromatic carbocycles. The third kappa shape index (κ3) is 3.90. The van der Waals surface area contributed by atoms with Gasteiger partial charge < -0.3 is 5.73 Å². The Kier molecular flexibility index (Phi) is 5.22. The lowest BCUT2D eigenvalue weighted by atomic mass is 10.00. The molecule has 0 amide bonds. The topological polar surface area (TPSA) is 26.0 Å². The molecule has 0 fully saturated rings. The number of benzene rings is 2. The zero-order valence-electron chi connectivity index (χ0n) is 9.84. The van der Waals surface area contributed by atoms with Crippen molar-refractivity contribution in [2.45, 2.75) is 12.5 Å². The molecule has 1 unspecified atom stereocenters. The Morgan fingerprint density at radius 1 is 1.26 bits per heavy atom. The fourth-order valence-corrected chi connectivity index (χ4v) is 3.17. The fraction of sp³-hybridized carbons (Fsp3) is 0.143. The van der Waals surface area contributed by atoms with Crippen molar-refractivity contribution in [3.63, 3.8) is 0 Å². The first-order valence-electron chi connectivity index (χ1n) is 5.62. The molecule has 0 bridgehead atoms. The molecule has 1 nitrogen and oxygen atoms in total. The monoisotopic (exact) mass is 453 g/mol. The SMILES string of the molecule is NC(Cc1cc(F)ccc1Br)c1cc(Cl)ccc1I. The molecule has 2 rings (SSSR count). The van der Waals surface area contributed by atoms with Crippen LogP contribution in [-0.4, -0.2) is 0 Å². The van der Waals surface area contributed by atoms with Gasteiger partial charge in [-0.15, -0.1) is 0 Å². The summed E-state index contributed by atoms with van der Waals surface area (Å²) in [6, 6.07) is 10.0. The van der Waals surface area contributed by atoms with Crippen molar-refractivity contribution in [1.82, 2.24) is 0 Å². The predicted molar refractivity (Wildman–Crippen MR) is 88.9 cm³/mol. The van der Waals surface area contributed by atoms with Crippen molar-refractivity contribution < 1.29 is 4.39 Å². The van der Waals surface area contributed by atoms with E-state index in [0.717, 1.165) is 19.2 Å². The number of nitrogens with two attached hydrogens (primary N) is 1. The van der Waals surface area contributed by atoms with Gasteiger partial charge in [0, 0.05) is 19.1 Å². The van der Waals surface area contributed by atoms with E-state index in [9.17, 15) is 4.39 Å². The molecule has 0 spiro atoms. The third-order valence-electron chi connectivity index (χ3n) is 2.81. The number of hydrogen-bond donors (Lipinski definition) is 1. The normalized spacial score (nSPS) is 12.5. The highest BCUT2D eigenvalue weighted by Crippen LogP contribution is 2.27. The third-order valence-corrected chi connectivity index (χ3v) is 4.80. The van der Waals surface area contributed by atoms with Crippen LogP contribution in [0.4, 0.5) is 4.39 Å². The molecular weight excluding hydrogens is 443 g/mol. The van der Waals surface area contributed by atoms with Gasteiger partial charge in [0.15, 0.2) is 0 Å². The zero-order valence-corrected chi connectivity index (χ0v) is 14.3. The summed E-state index contributed by atoms with van der Waals surface area (Å²) in [5, 5.41) is 0.657. The highest BCUT2D eigenvalue weighted by atomic mass is 127. The first-order valence-corrected chi connectivity index (χ1v) is 7.87. The molecule has 0 saturated carbocycles. The summed E-state index contributed by atoms with van der Waals surface area (Å²) < 4.78 is 15.2. The van der Waals surface area contributed by atoms with Crippen LogP contribution in [0.2, 0.25) is 5.02 Å². The Labute approximate surface area is 138 Å². The summed E-state index contributed by atoms with van der Waals surface area (Å²) in [5.74, 6) is -0.258. The molecule has 19 heavy (non-hydrogen) atoms. The van der Waals surface area contributed by atoms with E-state index < -0.39 is 0 Å². The van der Waals surface area contributed by atoms with Crippen LogP contribution in [0.15, 0.2) is 40.9 Å². The molecule has 2 N–H and O–H groups in total. The smallest absolute Gasteiger partial charge is 0.123 e. The van der Waals surface area contributed by atoms with Gasteiger partial charge in [-0.3, -0.25) is 0 Å². The minimum absolute atomic E-state index is 0.219. The van der Waals surface area contributed by atoms with Gasteiger partial charge in [0.25, 0.3) is 0 Å². The quantitative estimate of drug-likeness (QED) is 0.643. The Bertz CT molecular complexity index is 606. The van der Waals surface area contributed by atoms with E-state index in [-0.39, 0.29) is 11.9 Å². The maximum atomic E-state index is 13.3. The summed E-state index contributed by atoms with van der Waals surface area (Å²) in [6.45, 7) is 0. The first kappa shape index (κ1) is 15.2. The van der Waals surface area contributed by atoms with Gasteiger partial charge in [0.05, 0.1) is 0 Å². The second kappa shape index (κ2) is 6.52. The maximum Gasteiger partial charge on any atom is 0.123 e. The van der Waals surface area contributed by atoms with Crippen LogP contribution in [0.3, 0.4) is 0 Å². The Morgan fingerprint density at radius 3 is 2.74 bits per heavy atom. The second-order valence-corrected chi connectivity index (χ2v) is 6.67. The fourth-order valence-electron chi connectivity index (χ4n) is 1.85. The lowest BCUT2D eigenvalue weighted by Crippen LogP contribution is -2.15. The van der Waals surface area contributed by atoms with Crippen LogP contribution in [0.1, 0.15) is 17.2 Å². The van der Waals surface area contributed by atoms with Gasteiger partial charge in [0.2, 0.25) is 0 Å². The van der Waals surface area contributed by atoms with Gasteiger partial charge >= 0.3 is 0 Å². The number of hydrogen-bond acceptors (Lipinski definition) is 1. The van der Waals surface area contributed by atoms with Crippen LogP contribution in [-0.2, 0) is 6.42 Å². The van der Waals surface area contributed by atoms with Crippen molar-refractivity contribution in [1.29, 1.82) is 0 Å². The van der Waals surface area contributed by atoms with Crippen LogP contribution < -0.4 is 5.73 Å². The molecule has 0 heterocycles. The molecule has 0 aromatic heterocycles. The molecule has 1 atom stereocenters. The van der Waals surface area contributed by atoms with E-state index in [1.54, 1.807) is 6.07 Å². The first-order chi connectivity index (χ1) is 8.97. The molecule has 0 aliphatic heterocycles. The largest absolute Gasteiger partial charge is 0.324 e. The van der Waals surface area contributed by atoms with Crippen LogP contribution in [0, 0.1) is 9.39 Å². The van der Waals surface area contributed by atoms with Gasteiger partial charge in [-0.1, -0.05) is 27.5 Å². The summed E-state index contributed by atoms with van der Waals surface area (Å²) in [5.41, 5.74) is 8.04. The minimum Gasteiger partial charge on any atom is -0.324 e. The van der Waals surface area contributed by atoms with Gasteiger partial charge in [-0.2, -0.15) is 0 Å². The van der Waals surface area contributed by atoms with Crippen molar-refractivity contribution in [2.24, 2.45) is 5.73 Å². The maximum absolute atomic E-state index is 13.3. The molecule has 0 aliphatic carbocycles. The zero-order chi connectivity index (χ0) is 14.0. The molecule has 100 valence electrons. The van der Waals surface area contributed by atoms with E-state index in [4.69, 9.17) is 17.3 Å². The Hall–Kier alpha value is -0.170. The van der Waals surface area contributed by atoms with Crippen molar-refractivity contribution in [3.8, 4) is 0 Å². The van der Waals surface area contributed by atoms with Gasteiger partial charge in [-0.25, -0.2) is 4.39 Å². The standard InChI is InChI=1S/C14H11BrClFIN/c15-12-3-2-10(17)5-8(12)6-14(19)11-7-9(16)1-4-13(11)18/h1-5,7,14H,6,19H2. The van der Waals surface area contributed by atoms with Gasteiger partial charge in [0.1, 0.15) is 5.82 Å². The summed E-state index contributed by atoms with van der Waals surface area (Å²) >= 11 is 11.6.